The molecule has 0 saturated carbocycles. The Morgan fingerprint density at radius 2 is 2.22 bits per heavy atom. The highest BCUT2D eigenvalue weighted by atomic mass is 16.7. The van der Waals surface area contributed by atoms with Gasteiger partial charge in [-0.15, -0.1) is 0 Å². The first-order chi connectivity index (χ1) is 8.74. The minimum absolute atomic E-state index is 0.181. The third-order valence-electron chi connectivity index (χ3n) is 2.49. The monoisotopic (exact) mass is 248 g/mol. The molecule has 0 radical (unpaired) electrons. The van der Waals surface area contributed by atoms with Gasteiger partial charge in [-0.3, -0.25) is 4.79 Å². The van der Waals surface area contributed by atoms with E-state index < -0.39 is 0 Å². The van der Waals surface area contributed by atoms with Crippen LogP contribution in [0, 0.1) is 0 Å². The maximum Gasteiger partial charge on any atom is 0.302 e. The summed E-state index contributed by atoms with van der Waals surface area (Å²) >= 11 is 0. The minimum Gasteiger partial charge on any atom is -0.463 e. The van der Waals surface area contributed by atoms with Gasteiger partial charge < -0.3 is 14.2 Å². The number of carbonyl (C=O) groups excluding carboxylic acids is 1. The van der Waals surface area contributed by atoms with Crippen LogP contribution in [-0.2, 0) is 19.0 Å². The van der Waals surface area contributed by atoms with E-state index in [9.17, 15) is 4.79 Å². The van der Waals surface area contributed by atoms with Crippen LogP contribution < -0.4 is 0 Å². The topological polar surface area (TPSA) is 44.8 Å². The minimum atomic E-state index is -0.370. The van der Waals surface area contributed by atoms with E-state index in [1.165, 1.54) is 6.92 Å². The zero-order chi connectivity index (χ0) is 12.8. The zero-order valence-corrected chi connectivity index (χ0v) is 10.2. The molecule has 0 aromatic heterocycles. The van der Waals surface area contributed by atoms with Crippen molar-refractivity contribution in [3.63, 3.8) is 0 Å². The van der Waals surface area contributed by atoms with Crippen molar-refractivity contribution in [2.45, 2.75) is 19.3 Å². The fraction of sp³-hybridized carbons (Fsp3) is 0.357. The van der Waals surface area contributed by atoms with E-state index in [2.05, 4.69) is 0 Å². The van der Waals surface area contributed by atoms with Gasteiger partial charge in [0.15, 0.2) is 6.29 Å². The Kier molecular flexibility index (Phi) is 4.50. The van der Waals surface area contributed by atoms with Crippen molar-refractivity contribution < 1.29 is 19.0 Å². The number of hydrogen-bond donors (Lipinski definition) is 0. The van der Waals surface area contributed by atoms with Crippen molar-refractivity contribution >= 4 is 12.0 Å². The molecule has 1 saturated heterocycles. The molecule has 1 aromatic rings. The molecule has 1 aliphatic rings. The van der Waals surface area contributed by atoms with Gasteiger partial charge in [0.2, 0.25) is 0 Å². The molecule has 0 amide bonds. The SMILES string of the molecule is CC(=O)OCC1COC(/C=C/c2ccccc2)O1. The van der Waals surface area contributed by atoms with E-state index >= 15 is 0 Å². The average molecular weight is 248 g/mol. The number of esters is 1. The van der Waals surface area contributed by atoms with E-state index in [0.717, 1.165) is 5.56 Å². The molecule has 0 spiro atoms. The Morgan fingerprint density at radius 3 is 2.94 bits per heavy atom. The van der Waals surface area contributed by atoms with Gasteiger partial charge in [-0.2, -0.15) is 0 Å². The molecule has 1 aromatic carbocycles. The summed E-state index contributed by atoms with van der Waals surface area (Å²) in [5.41, 5.74) is 1.09. The van der Waals surface area contributed by atoms with Gasteiger partial charge in [0.05, 0.1) is 6.61 Å². The molecule has 2 atom stereocenters. The van der Waals surface area contributed by atoms with E-state index in [-0.39, 0.29) is 25.0 Å². The van der Waals surface area contributed by atoms with Crippen molar-refractivity contribution in [1.82, 2.24) is 0 Å². The van der Waals surface area contributed by atoms with Crippen LogP contribution in [0.25, 0.3) is 6.08 Å². The highest BCUT2D eigenvalue weighted by molar-refractivity contribution is 5.65. The van der Waals surface area contributed by atoms with Gasteiger partial charge >= 0.3 is 5.97 Å². The molecule has 96 valence electrons. The first-order valence-electron chi connectivity index (χ1n) is 5.88. The maximum absolute atomic E-state index is 10.7. The Morgan fingerprint density at radius 1 is 1.44 bits per heavy atom. The van der Waals surface area contributed by atoms with Crippen LogP contribution in [0.2, 0.25) is 0 Å². The predicted molar refractivity (Wildman–Crippen MR) is 66.7 cm³/mol. The van der Waals surface area contributed by atoms with Crippen molar-refractivity contribution in [2.24, 2.45) is 0 Å². The van der Waals surface area contributed by atoms with Crippen molar-refractivity contribution in [1.29, 1.82) is 0 Å². The summed E-state index contributed by atoms with van der Waals surface area (Å²) in [6.45, 7) is 2.06. The smallest absolute Gasteiger partial charge is 0.302 e. The number of ether oxygens (including phenoxy) is 3. The molecule has 2 rings (SSSR count). The van der Waals surface area contributed by atoms with Gasteiger partial charge in [0, 0.05) is 6.92 Å². The van der Waals surface area contributed by atoms with Crippen LogP contribution in [0.15, 0.2) is 36.4 Å². The fourth-order valence-corrected chi connectivity index (χ4v) is 1.62. The molecular weight excluding hydrogens is 232 g/mol. The molecule has 4 nitrogen and oxygen atoms in total. The molecule has 4 heteroatoms. The third kappa shape index (κ3) is 3.98. The summed E-state index contributed by atoms with van der Waals surface area (Å²) in [7, 11) is 0. The lowest BCUT2D eigenvalue weighted by molar-refractivity contribution is -0.144. The normalized spacial score (nSPS) is 23.4. The standard InChI is InChI=1S/C14H16O4/c1-11(15)16-9-13-10-17-14(18-13)8-7-12-5-3-2-4-6-12/h2-8,13-14H,9-10H2,1H3/b8-7+. The van der Waals surface area contributed by atoms with E-state index in [4.69, 9.17) is 14.2 Å². The Hall–Kier alpha value is -1.65. The second-order valence-electron chi connectivity index (χ2n) is 4.03. The summed E-state index contributed by atoms with van der Waals surface area (Å²) in [6.07, 6.45) is 3.24. The Labute approximate surface area is 106 Å². The average Bonchev–Trinajstić information content (AvgIpc) is 2.83. The van der Waals surface area contributed by atoms with Gasteiger partial charge in [0.25, 0.3) is 0 Å². The van der Waals surface area contributed by atoms with Crippen LogP contribution in [0.5, 0.6) is 0 Å². The van der Waals surface area contributed by atoms with Crippen LogP contribution in [-0.4, -0.2) is 31.6 Å². The molecule has 2 unspecified atom stereocenters. The van der Waals surface area contributed by atoms with Gasteiger partial charge in [-0.05, 0) is 11.6 Å². The molecule has 0 aliphatic carbocycles. The highest BCUT2D eigenvalue weighted by Gasteiger charge is 2.24. The molecule has 1 aliphatic heterocycles. The first-order valence-corrected chi connectivity index (χ1v) is 5.88. The summed E-state index contributed by atoms with van der Waals surface area (Å²) in [4.78, 5) is 10.7. The molecule has 1 heterocycles. The first kappa shape index (κ1) is 12.8. The molecule has 0 N–H and O–H groups in total. The van der Waals surface area contributed by atoms with Crippen molar-refractivity contribution in [3.05, 3.63) is 42.0 Å². The molecule has 1 fully saturated rings. The fourth-order valence-electron chi connectivity index (χ4n) is 1.62. The summed E-state index contributed by atoms with van der Waals surface area (Å²) in [6, 6.07) is 9.91. The second-order valence-corrected chi connectivity index (χ2v) is 4.03. The Balaban J connectivity index is 1.79. The van der Waals surface area contributed by atoms with E-state index in [0.29, 0.717) is 6.61 Å². The van der Waals surface area contributed by atoms with Crippen LogP contribution in [0.4, 0.5) is 0 Å². The molecule has 0 bridgehead atoms. The quantitative estimate of drug-likeness (QED) is 0.764. The highest BCUT2D eigenvalue weighted by Crippen LogP contribution is 2.14. The number of hydrogen-bond acceptors (Lipinski definition) is 4. The lowest BCUT2D eigenvalue weighted by atomic mass is 10.2. The number of rotatable bonds is 4. The lowest BCUT2D eigenvalue weighted by Crippen LogP contribution is -2.20. The zero-order valence-electron chi connectivity index (χ0n) is 10.2. The van der Waals surface area contributed by atoms with Gasteiger partial charge in [0.1, 0.15) is 12.7 Å². The molecule has 18 heavy (non-hydrogen) atoms. The Bertz CT molecular complexity index is 413. The van der Waals surface area contributed by atoms with Crippen LogP contribution >= 0.6 is 0 Å². The molecular formula is C14H16O4. The van der Waals surface area contributed by atoms with Crippen molar-refractivity contribution in [3.8, 4) is 0 Å². The van der Waals surface area contributed by atoms with Gasteiger partial charge in [-0.25, -0.2) is 0 Å². The maximum atomic E-state index is 10.7. The predicted octanol–water partition coefficient (Wildman–Crippen LogP) is 2.00. The lowest BCUT2D eigenvalue weighted by Gasteiger charge is -2.08. The van der Waals surface area contributed by atoms with Crippen LogP contribution in [0.1, 0.15) is 12.5 Å². The summed E-state index contributed by atoms with van der Waals surface area (Å²) in [5, 5.41) is 0. The number of benzene rings is 1. The summed E-state index contributed by atoms with van der Waals surface area (Å²) in [5.74, 6) is -0.304. The van der Waals surface area contributed by atoms with Crippen LogP contribution in [0.3, 0.4) is 0 Å². The van der Waals surface area contributed by atoms with Crippen molar-refractivity contribution in [2.75, 3.05) is 13.2 Å². The summed E-state index contributed by atoms with van der Waals surface area (Å²) < 4.78 is 15.8. The van der Waals surface area contributed by atoms with E-state index in [1.54, 1.807) is 0 Å². The largest absolute Gasteiger partial charge is 0.463 e. The van der Waals surface area contributed by atoms with Gasteiger partial charge in [-0.1, -0.05) is 36.4 Å². The van der Waals surface area contributed by atoms with E-state index in [1.807, 2.05) is 42.5 Å². The third-order valence-corrected chi connectivity index (χ3v) is 2.49. The number of carbonyl (C=O) groups is 1. The second kappa shape index (κ2) is 6.33.